The van der Waals surface area contributed by atoms with Crippen LogP contribution in [0.3, 0.4) is 0 Å². The molecule has 0 radical (unpaired) electrons. The monoisotopic (exact) mass is 481 g/mol. The van der Waals surface area contributed by atoms with Gasteiger partial charge < -0.3 is 10.6 Å². The lowest BCUT2D eigenvalue weighted by Crippen LogP contribution is -2.45. The molecule has 0 unspecified atom stereocenters. The zero-order chi connectivity index (χ0) is 24.1. The Bertz CT molecular complexity index is 1260. The number of benzene rings is 3. The van der Waals surface area contributed by atoms with Crippen LogP contribution in [0, 0.1) is 5.82 Å². The Kier molecular flexibility index (Phi) is 7.04. The van der Waals surface area contributed by atoms with Gasteiger partial charge in [-0.15, -0.1) is 0 Å². The van der Waals surface area contributed by atoms with Gasteiger partial charge in [-0.05, 0) is 66.9 Å². The maximum atomic E-state index is 13.2. The quantitative estimate of drug-likeness (QED) is 0.436. The molecule has 0 spiro atoms. The molecular weight excluding hydrogens is 457 g/mol. The van der Waals surface area contributed by atoms with Gasteiger partial charge in [-0.25, -0.2) is 17.5 Å². The van der Waals surface area contributed by atoms with Gasteiger partial charge in [0.25, 0.3) is 5.91 Å². The van der Waals surface area contributed by atoms with E-state index in [2.05, 4.69) is 15.4 Å². The fourth-order valence-corrected chi connectivity index (χ4v) is 4.64. The third-order valence-electron chi connectivity index (χ3n) is 5.34. The average molecular weight is 482 g/mol. The standard InChI is InChI=1S/C25H24FN3O4S/c26-19-8-6-18(7-9-19)24(30)28-23(16-17-4-2-1-3-5-17)25(31)27-20-12-14-22(15-13-20)34(32,33)29-21-10-11-21/h1-9,12-15,21,23,29H,10-11,16H2,(H,27,31)(H,28,30)/t23-/m0/s1. The second-order valence-electron chi connectivity index (χ2n) is 8.13. The van der Waals surface area contributed by atoms with Crippen LogP contribution < -0.4 is 15.4 Å². The second-order valence-corrected chi connectivity index (χ2v) is 9.85. The molecule has 3 aromatic rings. The summed E-state index contributed by atoms with van der Waals surface area (Å²) in [4.78, 5) is 25.8. The van der Waals surface area contributed by atoms with Crippen molar-refractivity contribution >= 4 is 27.5 Å². The third kappa shape index (κ3) is 6.27. The smallest absolute Gasteiger partial charge is 0.251 e. The number of sulfonamides is 1. The Balaban J connectivity index is 1.48. The SMILES string of the molecule is O=C(N[C@@H](Cc1ccccc1)C(=O)Nc1ccc(S(=O)(=O)NC2CC2)cc1)c1ccc(F)cc1. The van der Waals surface area contributed by atoms with Gasteiger partial charge in [0.15, 0.2) is 0 Å². The molecule has 0 aromatic heterocycles. The zero-order valence-electron chi connectivity index (χ0n) is 18.2. The first kappa shape index (κ1) is 23.6. The van der Waals surface area contributed by atoms with Crippen LogP contribution in [0.5, 0.6) is 0 Å². The fraction of sp³-hybridized carbons (Fsp3) is 0.200. The summed E-state index contributed by atoms with van der Waals surface area (Å²) in [6, 6.07) is 19.2. The van der Waals surface area contributed by atoms with Crippen LogP contribution in [0.4, 0.5) is 10.1 Å². The maximum Gasteiger partial charge on any atom is 0.251 e. The molecule has 3 aromatic carbocycles. The number of hydrogen-bond donors (Lipinski definition) is 3. The first-order valence-electron chi connectivity index (χ1n) is 10.8. The summed E-state index contributed by atoms with van der Waals surface area (Å²) >= 11 is 0. The molecule has 0 aliphatic heterocycles. The number of rotatable bonds is 9. The molecule has 1 aliphatic carbocycles. The lowest BCUT2D eigenvalue weighted by molar-refractivity contribution is -0.118. The van der Waals surface area contributed by atoms with Gasteiger partial charge in [-0.1, -0.05) is 30.3 Å². The minimum Gasteiger partial charge on any atom is -0.340 e. The van der Waals surface area contributed by atoms with Gasteiger partial charge >= 0.3 is 0 Å². The van der Waals surface area contributed by atoms with Crippen molar-refractivity contribution in [2.24, 2.45) is 0 Å². The molecule has 1 atom stereocenters. The van der Waals surface area contributed by atoms with E-state index in [1.165, 1.54) is 48.5 Å². The van der Waals surface area contributed by atoms with Gasteiger partial charge in [0.1, 0.15) is 11.9 Å². The van der Waals surface area contributed by atoms with E-state index in [0.29, 0.717) is 5.69 Å². The summed E-state index contributed by atoms with van der Waals surface area (Å²) in [5.41, 5.74) is 1.46. The Labute approximate surface area is 197 Å². The highest BCUT2D eigenvalue weighted by Gasteiger charge is 2.28. The summed E-state index contributed by atoms with van der Waals surface area (Å²) in [5, 5.41) is 5.44. The van der Waals surface area contributed by atoms with Crippen molar-refractivity contribution in [2.75, 3.05) is 5.32 Å². The molecule has 0 bridgehead atoms. The minimum absolute atomic E-state index is 0.00663. The Hall–Kier alpha value is -3.56. The molecule has 3 N–H and O–H groups in total. The summed E-state index contributed by atoms with van der Waals surface area (Å²) < 4.78 is 40.5. The van der Waals surface area contributed by atoms with Crippen LogP contribution in [-0.4, -0.2) is 32.3 Å². The van der Waals surface area contributed by atoms with Gasteiger partial charge in [-0.2, -0.15) is 0 Å². The van der Waals surface area contributed by atoms with Crippen LogP contribution in [0.2, 0.25) is 0 Å². The first-order valence-corrected chi connectivity index (χ1v) is 12.3. The highest BCUT2D eigenvalue weighted by Crippen LogP contribution is 2.23. The molecule has 7 nitrogen and oxygen atoms in total. The normalized spacial score (nSPS) is 14.3. The zero-order valence-corrected chi connectivity index (χ0v) is 19.0. The van der Waals surface area contributed by atoms with E-state index >= 15 is 0 Å². The molecule has 9 heteroatoms. The van der Waals surface area contributed by atoms with E-state index < -0.39 is 33.7 Å². The average Bonchev–Trinajstić information content (AvgIpc) is 3.63. The minimum atomic E-state index is -3.60. The number of halogens is 1. The first-order chi connectivity index (χ1) is 16.3. The number of carbonyl (C=O) groups excluding carboxylic acids is 2. The van der Waals surface area contributed by atoms with Crippen molar-refractivity contribution in [3.05, 3.63) is 95.8 Å². The summed E-state index contributed by atoms with van der Waals surface area (Å²) in [6.45, 7) is 0. The lowest BCUT2D eigenvalue weighted by atomic mass is 10.0. The predicted octanol–water partition coefficient (Wildman–Crippen LogP) is 3.25. The molecule has 2 amide bonds. The number of carbonyl (C=O) groups is 2. The summed E-state index contributed by atoms with van der Waals surface area (Å²) in [7, 11) is -3.60. The molecule has 1 aliphatic rings. The number of anilines is 1. The van der Waals surface area contributed by atoms with Crippen molar-refractivity contribution in [1.82, 2.24) is 10.0 Å². The van der Waals surface area contributed by atoms with Crippen LogP contribution >= 0.6 is 0 Å². The summed E-state index contributed by atoms with van der Waals surface area (Å²) in [6.07, 6.45) is 1.90. The molecule has 176 valence electrons. The van der Waals surface area contributed by atoms with E-state index in [1.54, 1.807) is 0 Å². The Morgan fingerprint density at radius 2 is 1.56 bits per heavy atom. The van der Waals surface area contributed by atoms with Crippen molar-refractivity contribution in [3.8, 4) is 0 Å². The topological polar surface area (TPSA) is 104 Å². The maximum absolute atomic E-state index is 13.2. The molecular formula is C25H24FN3O4S. The van der Waals surface area contributed by atoms with E-state index in [0.717, 1.165) is 18.4 Å². The Morgan fingerprint density at radius 3 is 2.18 bits per heavy atom. The van der Waals surface area contributed by atoms with Crippen molar-refractivity contribution in [3.63, 3.8) is 0 Å². The van der Waals surface area contributed by atoms with Crippen LogP contribution in [-0.2, 0) is 21.2 Å². The van der Waals surface area contributed by atoms with Gasteiger partial charge in [0, 0.05) is 23.7 Å². The molecule has 1 saturated carbocycles. The largest absolute Gasteiger partial charge is 0.340 e. The highest BCUT2D eigenvalue weighted by atomic mass is 32.2. The van der Waals surface area contributed by atoms with Gasteiger partial charge in [0.05, 0.1) is 4.90 Å². The van der Waals surface area contributed by atoms with Crippen LogP contribution in [0.1, 0.15) is 28.8 Å². The van der Waals surface area contributed by atoms with E-state index in [9.17, 15) is 22.4 Å². The molecule has 0 heterocycles. The van der Waals surface area contributed by atoms with Crippen LogP contribution in [0.25, 0.3) is 0 Å². The van der Waals surface area contributed by atoms with E-state index in [-0.39, 0.29) is 22.9 Å². The van der Waals surface area contributed by atoms with E-state index in [4.69, 9.17) is 0 Å². The molecule has 1 fully saturated rings. The summed E-state index contributed by atoms with van der Waals surface area (Å²) in [5.74, 6) is -1.44. The molecule has 0 saturated heterocycles. The van der Waals surface area contributed by atoms with Crippen LogP contribution in [0.15, 0.2) is 83.8 Å². The van der Waals surface area contributed by atoms with Crippen molar-refractivity contribution in [1.29, 1.82) is 0 Å². The lowest BCUT2D eigenvalue weighted by Gasteiger charge is -2.19. The van der Waals surface area contributed by atoms with Crippen molar-refractivity contribution in [2.45, 2.75) is 36.2 Å². The third-order valence-corrected chi connectivity index (χ3v) is 6.88. The fourth-order valence-electron chi connectivity index (χ4n) is 3.34. The Morgan fingerprint density at radius 1 is 0.912 bits per heavy atom. The number of amides is 2. The molecule has 4 rings (SSSR count). The molecule has 34 heavy (non-hydrogen) atoms. The van der Waals surface area contributed by atoms with Crippen molar-refractivity contribution < 1.29 is 22.4 Å². The predicted molar refractivity (Wildman–Crippen MR) is 126 cm³/mol. The number of nitrogens with one attached hydrogen (secondary N) is 3. The van der Waals surface area contributed by atoms with Gasteiger partial charge in [0.2, 0.25) is 15.9 Å². The number of hydrogen-bond acceptors (Lipinski definition) is 4. The second kappa shape index (κ2) is 10.1. The van der Waals surface area contributed by atoms with Gasteiger partial charge in [-0.3, -0.25) is 9.59 Å². The van der Waals surface area contributed by atoms with E-state index in [1.807, 2.05) is 30.3 Å². The highest BCUT2D eigenvalue weighted by molar-refractivity contribution is 7.89.